The number of nitro groups is 1. The topological polar surface area (TPSA) is 55.2 Å². The van der Waals surface area contributed by atoms with E-state index in [0.29, 0.717) is 12.1 Å². The SMILES string of the molecule is CC1(NCc2cccc([N+](=O)[O-])c2F)CC1. The minimum Gasteiger partial charge on any atom is -0.307 e. The van der Waals surface area contributed by atoms with Crippen molar-refractivity contribution in [2.24, 2.45) is 0 Å². The summed E-state index contributed by atoms with van der Waals surface area (Å²) < 4.78 is 13.6. The predicted molar refractivity (Wildman–Crippen MR) is 57.5 cm³/mol. The number of hydrogen-bond acceptors (Lipinski definition) is 3. The van der Waals surface area contributed by atoms with Gasteiger partial charge in [-0.05, 0) is 19.8 Å². The molecule has 0 atom stereocenters. The Kier molecular flexibility index (Phi) is 2.63. The zero-order chi connectivity index (χ0) is 11.8. The summed E-state index contributed by atoms with van der Waals surface area (Å²) in [5.41, 5.74) is -0.0144. The summed E-state index contributed by atoms with van der Waals surface area (Å²) in [6.07, 6.45) is 2.15. The standard InChI is InChI=1S/C11H13FN2O2/c1-11(5-6-11)13-7-8-3-2-4-9(10(8)12)14(15)16/h2-4,13H,5-7H2,1H3. The van der Waals surface area contributed by atoms with Crippen molar-refractivity contribution >= 4 is 5.69 Å². The van der Waals surface area contributed by atoms with E-state index >= 15 is 0 Å². The van der Waals surface area contributed by atoms with E-state index in [-0.39, 0.29) is 5.54 Å². The molecule has 1 saturated carbocycles. The van der Waals surface area contributed by atoms with E-state index in [2.05, 4.69) is 12.2 Å². The van der Waals surface area contributed by atoms with Gasteiger partial charge >= 0.3 is 5.69 Å². The molecule has 0 aliphatic heterocycles. The number of nitrogens with one attached hydrogen (secondary N) is 1. The van der Waals surface area contributed by atoms with Crippen LogP contribution in [0, 0.1) is 15.9 Å². The smallest absolute Gasteiger partial charge is 0.305 e. The minimum absolute atomic E-state index is 0.0943. The highest BCUT2D eigenvalue weighted by Crippen LogP contribution is 2.34. The highest BCUT2D eigenvalue weighted by Gasteiger charge is 2.36. The summed E-state index contributed by atoms with van der Waals surface area (Å²) in [5, 5.41) is 13.7. The molecule has 1 N–H and O–H groups in total. The second kappa shape index (κ2) is 3.83. The van der Waals surface area contributed by atoms with E-state index in [0.717, 1.165) is 12.8 Å². The number of hydrogen-bond donors (Lipinski definition) is 1. The Morgan fingerprint density at radius 2 is 2.25 bits per heavy atom. The molecule has 4 nitrogen and oxygen atoms in total. The zero-order valence-corrected chi connectivity index (χ0v) is 9.00. The van der Waals surface area contributed by atoms with Crippen LogP contribution in [-0.2, 0) is 6.54 Å². The largest absolute Gasteiger partial charge is 0.307 e. The summed E-state index contributed by atoms with van der Waals surface area (Å²) in [6.45, 7) is 2.40. The van der Waals surface area contributed by atoms with Gasteiger partial charge in [-0.15, -0.1) is 0 Å². The normalized spacial score (nSPS) is 17.1. The van der Waals surface area contributed by atoms with Crippen LogP contribution in [0.5, 0.6) is 0 Å². The van der Waals surface area contributed by atoms with Gasteiger partial charge in [0.2, 0.25) is 5.82 Å². The first-order valence-corrected chi connectivity index (χ1v) is 5.19. The van der Waals surface area contributed by atoms with E-state index in [1.807, 2.05) is 0 Å². The van der Waals surface area contributed by atoms with Gasteiger partial charge in [-0.2, -0.15) is 4.39 Å². The van der Waals surface area contributed by atoms with Gasteiger partial charge in [-0.25, -0.2) is 0 Å². The molecule has 0 radical (unpaired) electrons. The third-order valence-corrected chi connectivity index (χ3v) is 2.96. The molecule has 0 saturated heterocycles. The minimum atomic E-state index is -0.732. The Morgan fingerprint density at radius 1 is 1.56 bits per heavy atom. The van der Waals surface area contributed by atoms with E-state index in [4.69, 9.17) is 0 Å². The molecule has 0 aromatic heterocycles. The van der Waals surface area contributed by atoms with Crippen LogP contribution in [0.15, 0.2) is 18.2 Å². The van der Waals surface area contributed by atoms with Gasteiger partial charge in [0, 0.05) is 23.7 Å². The lowest BCUT2D eigenvalue weighted by molar-refractivity contribution is -0.387. The molecule has 1 aliphatic rings. The third-order valence-electron chi connectivity index (χ3n) is 2.96. The Morgan fingerprint density at radius 3 is 2.81 bits per heavy atom. The van der Waals surface area contributed by atoms with Crippen LogP contribution >= 0.6 is 0 Å². The number of rotatable bonds is 4. The molecule has 0 bridgehead atoms. The van der Waals surface area contributed by atoms with Gasteiger partial charge in [0.05, 0.1) is 4.92 Å². The fraction of sp³-hybridized carbons (Fsp3) is 0.455. The second-order valence-corrected chi connectivity index (χ2v) is 4.42. The van der Waals surface area contributed by atoms with Crippen LogP contribution in [0.4, 0.5) is 10.1 Å². The molecule has 1 aromatic rings. The van der Waals surface area contributed by atoms with Gasteiger partial charge in [0.15, 0.2) is 0 Å². The van der Waals surface area contributed by atoms with Crippen LogP contribution in [0.1, 0.15) is 25.3 Å². The van der Waals surface area contributed by atoms with Crippen LogP contribution in [0.3, 0.4) is 0 Å². The molecule has 0 heterocycles. The van der Waals surface area contributed by atoms with Crippen molar-refractivity contribution in [2.75, 3.05) is 0 Å². The van der Waals surface area contributed by atoms with Crippen molar-refractivity contribution in [3.8, 4) is 0 Å². The molecule has 1 fully saturated rings. The Labute approximate surface area is 92.6 Å². The average molecular weight is 224 g/mol. The lowest BCUT2D eigenvalue weighted by atomic mass is 10.1. The van der Waals surface area contributed by atoms with E-state index in [9.17, 15) is 14.5 Å². The maximum absolute atomic E-state index is 13.6. The third kappa shape index (κ3) is 2.19. The molecular weight excluding hydrogens is 211 g/mol. The average Bonchev–Trinajstić information content (AvgIpc) is 2.95. The van der Waals surface area contributed by atoms with Crippen molar-refractivity contribution in [2.45, 2.75) is 31.8 Å². The predicted octanol–water partition coefficient (Wildman–Crippen LogP) is 2.38. The van der Waals surface area contributed by atoms with Crippen molar-refractivity contribution < 1.29 is 9.31 Å². The lowest BCUT2D eigenvalue weighted by Crippen LogP contribution is -2.27. The number of nitrogens with zero attached hydrogens (tertiary/aromatic N) is 1. The number of nitro benzene ring substituents is 1. The second-order valence-electron chi connectivity index (χ2n) is 4.42. The summed E-state index contributed by atoms with van der Waals surface area (Å²) >= 11 is 0. The molecule has 0 unspecified atom stereocenters. The van der Waals surface area contributed by atoms with Crippen molar-refractivity contribution in [1.29, 1.82) is 0 Å². The van der Waals surface area contributed by atoms with E-state index in [1.54, 1.807) is 6.07 Å². The monoisotopic (exact) mass is 224 g/mol. The summed E-state index contributed by atoms with van der Waals surface area (Å²) in [5.74, 6) is -0.732. The molecule has 86 valence electrons. The van der Waals surface area contributed by atoms with Gasteiger partial charge in [0.1, 0.15) is 0 Å². The molecule has 16 heavy (non-hydrogen) atoms. The maximum atomic E-state index is 13.6. The molecular formula is C11H13FN2O2. The Bertz CT molecular complexity index is 430. The molecule has 2 rings (SSSR count). The molecule has 1 aliphatic carbocycles. The summed E-state index contributed by atoms with van der Waals surface area (Å²) in [7, 11) is 0. The van der Waals surface area contributed by atoms with Gasteiger partial charge < -0.3 is 5.32 Å². The molecule has 0 amide bonds. The fourth-order valence-electron chi connectivity index (χ4n) is 1.52. The maximum Gasteiger partial charge on any atom is 0.305 e. The summed E-state index contributed by atoms with van der Waals surface area (Å²) in [6, 6.07) is 4.26. The molecule has 5 heteroatoms. The van der Waals surface area contributed by atoms with Crippen LogP contribution in [0.25, 0.3) is 0 Å². The van der Waals surface area contributed by atoms with Crippen molar-refractivity contribution in [3.63, 3.8) is 0 Å². The molecule has 0 spiro atoms. The van der Waals surface area contributed by atoms with Crippen LogP contribution in [0.2, 0.25) is 0 Å². The van der Waals surface area contributed by atoms with Gasteiger partial charge in [0.25, 0.3) is 0 Å². The first kappa shape index (κ1) is 11.0. The van der Waals surface area contributed by atoms with Crippen molar-refractivity contribution in [1.82, 2.24) is 5.32 Å². The first-order valence-electron chi connectivity index (χ1n) is 5.19. The number of benzene rings is 1. The van der Waals surface area contributed by atoms with Crippen LogP contribution in [-0.4, -0.2) is 10.5 Å². The lowest BCUT2D eigenvalue weighted by Gasteiger charge is -2.11. The Balaban J connectivity index is 2.14. The number of halogens is 1. The quantitative estimate of drug-likeness (QED) is 0.631. The highest BCUT2D eigenvalue weighted by atomic mass is 19.1. The Hall–Kier alpha value is -1.49. The highest BCUT2D eigenvalue weighted by molar-refractivity contribution is 5.36. The van der Waals surface area contributed by atoms with Gasteiger partial charge in [-0.1, -0.05) is 12.1 Å². The van der Waals surface area contributed by atoms with E-state index in [1.165, 1.54) is 12.1 Å². The molecule has 1 aromatic carbocycles. The van der Waals surface area contributed by atoms with Crippen LogP contribution < -0.4 is 5.32 Å². The first-order chi connectivity index (χ1) is 7.52. The fourth-order valence-corrected chi connectivity index (χ4v) is 1.52. The van der Waals surface area contributed by atoms with E-state index < -0.39 is 16.4 Å². The summed E-state index contributed by atoms with van der Waals surface area (Å²) in [4.78, 5) is 9.84. The van der Waals surface area contributed by atoms with Gasteiger partial charge in [-0.3, -0.25) is 10.1 Å². The van der Waals surface area contributed by atoms with Crippen molar-refractivity contribution in [3.05, 3.63) is 39.7 Å². The zero-order valence-electron chi connectivity index (χ0n) is 9.00.